The van der Waals surface area contributed by atoms with Crippen LogP contribution < -0.4 is 0 Å². The van der Waals surface area contributed by atoms with Gasteiger partial charge in [0.05, 0.1) is 9.60 Å². The fourth-order valence-electron chi connectivity index (χ4n) is 6.61. The van der Waals surface area contributed by atoms with Gasteiger partial charge in [-0.05, 0) is 112 Å². The van der Waals surface area contributed by atoms with E-state index in [-0.39, 0.29) is 53.1 Å². The van der Waals surface area contributed by atoms with Gasteiger partial charge in [0.25, 0.3) is 0 Å². The molecule has 214 valence electrons. The monoisotopic (exact) mass is 589 g/mol. The highest BCUT2D eigenvalue weighted by atomic mass is 14.2. The number of fused-ring (bicyclic) bond motifs is 4. The van der Waals surface area contributed by atoms with Crippen molar-refractivity contribution in [3.05, 3.63) is 182 Å². The van der Waals surface area contributed by atoms with Crippen molar-refractivity contribution < 1.29 is 9.60 Å². The number of hydrogen-bond acceptors (Lipinski definition) is 0. The molecule has 0 saturated heterocycles. The van der Waals surface area contributed by atoms with Gasteiger partial charge in [-0.15, -0.1) is 0 Å². The van der Waals surface area contributed by atoms with Crippen molar-refractivity contribution in [3.63, 3.8) is 0 Å². The van der Waals surface area contributed by atoms with Gasteiger partial charge in [-0.25, -0.2) is 0 Å². The molecule has 0 radical (unpaired) electrons. The van der Waals surface area contributed by atoms with Gasteiger partial charge in [0, 0.05) is 0 Å². The predicted octanol–water partition coefficient (Wildman–Crippen LogP) is 13.0. The molecule has 0 heterocycles. The van der Waals surface area contributed by atoms with Crippen LogP contribution in [0.5, 0.6) is 0 Å². The lowest BCUT2D eigenvalue weighted by atomic mass is 9.84. The third-order valence-electron chi connectivity index (χ3n) is 8.83. The first-order valence-electron chi connectivity index (χ1n) is 18.9. The lowest BCUT2D eigenvalue weighted by molar-refractivity contribution is 1.62. The summed E-state index contributed by atoms with van der Waals surface area (Å²) in [4.78, 5) is 0. The Morgan fingerprint density at radius 1 is 0.304 bits per heavy atom. The van der Waals surface area contributed by atoms with Crippen LogP contribution in [0.1, 0.15) is 9.60 Å². The zero-order valence-electron chi connectivity index (χ0n) is 31.8. The van der Waals surface area contributed by atoms with Crippen LogP contribution in [0.2, 0.25) is 0 Å². The number of hydrogen-bond donors (Lipinski definition) is 0. The molecule has 0 aliphatic heterocycles. The van der Waals surface area contributed by atoms with E-state index in [2.05, 4.69) is 30.3 Å². The van der Waals surface area contributed by atoms with Gasteiger partial charge < -0.3 is 0 Å². The summed E-state index contributed by atoms with van der Waals surface area (Å²) in [5.41, 5.74) is 4.90. The maximum atomic E-state index is 9.88. The average molecular weight is 590 g/mol. The Morgan fingerprint density at radius 3 is 1.52 bits per heavy atom. The Bertz CT molecular complexity index is 2970. The Balaban J connectivity index is 1.49. The van der Waals surface area contributed by atoms with E-state index in [0.717, 1.165) is 32.7 Å². The summed E-state index contributed by atoms with van der Waals surface area (Å²) in [7, 11) is 0. The van der Waals surface area contributed by atoms with E-state index >= 15 is 0 Å². The molecule has 0 atom stereocenters. The van der Waals surface area contributed by atoms with E-state index in [1.54, 1.807) is 0 Å². The molecule has 9 aromatic carbocycles. The Morgan fingerprint density at radius 2 is 0.804 bits per heavy atom. The van der Waals surface area contributed by atoms with Crippen molar-refractivity contribution in [2.45, 2.75) is 0 Å². The molecule has 9 aromatic rings. The number of benzene rings is 9. The molecule has 0 bridgehead atoms. The van der Waals surface area contributed by atoms with Crippen LogP contribution >= 0.6 is 0 Å². The van der Waals surface area contributed by atoms with Gasteiger partial charge >= 0.3 is 0 Å². The first kappa shape index (κ1) is 20.1. The molecular weight excluding hydrogens is 553 g/mol. The van der Waals surface area contributed by atoms with Gasteiger partial charge in [-0.3, -0.25) is 0 Å². The van der Waals surface area contributed by atoms with Crippen LogP contribution in [0.4, 0.5) is 0 Å². The van der Waals surface area contributed by atoms with Crippen LogP contribution in [0.25, 0.3) is 87.6 Å². The minimum atomic E-state index is -0.386. The van der Waals surface area contributed by atoms with Crippen molar-refractivity contribution in [2.75, 3.05) is 0 Å². The first-order valence-corrected chi connectivity index (χ1v) is 15.4. The van der Waals surface area contributed by atoms with Gasteiger partial charge in [0.1, 0.15) is 0 Å². The minimum Gasteiger partial charge on any atom is -0.0622 e. The van der Waals surface area contributed by atoms with E-state index in [1.165, 1.54) is 0 Å². The average Bonchev–Trinajstić information content (AvgIpc) is 3.20. The van der Waals surface area contributed by atoms with Crippen molar-refractivity contribution in [2.24, 2.45) is 0 Å². The zero-order valence-corrected chi connectivity index (χ0v) is 24.8. The fraction of sp³-hybridized carbons (Fsp3) is 0. The smallest absolute Gasteiger partial charge is 0.0622 e. The summed E-state index contributed by atoms with van der Waals surface area (Å²) < 4.78 is 65.5. The van der Waals surface area contributed by atoms with Crippen LogP contribution in [-0.4, -0.2) is 0 Å². The molecule has 0 unspecified atom stereocenters. The Labute approximate surface area is 278 Å². The lowest BCUT2D eigenvalue weighted by Crippen LogP contribution is -1.92. The summed E-state index contributed by atoms with van der Waals surface area (Å²) in [5.74, 6) is 0. The maximum Gasteiger partial charge on any atom is 0.0636 e. The Kier molecular flexibility index (Phi) is 4.76. The molecule has 0 fully saturated rings. The summed E-state index contributed by atoms with van der Waals surface area (Å²) in [6.07, 6.45) is 0. The maximum absolute atomic E-state index is 9.88. The second-order valence-corrected chi connectivity index (χ2v) is 11.6. The van der Waals surface area contributed by atoms with E-state index in [4.69, 9.17) is 2.74 Å². The molecule has 0 spiro atoms. The van der Waals surface area contributed by atoms with Crippen molar-refractivity contribution in [3.8, 4) is 44.5 Å². The lowest BCUT2D eigenvalue weighted by Gasteiger charge is -2.19. The molecule has 46 heavy (non-hydrogen) atoms. The normalized spacial score (nSPS) is 13.6. The largest absolute Gasteiger partial charge is 0.0636 e. The van der Waals surface area contributed by atoms with Crippen molar-refractivity contribution in [1.82, 2.24) is 0 Å². The highest BCUT2D eigenvalue weighted by Crippen LogP contribution is 2.45. The third-order valence-corrected chi connectivity index (χ3v) is 8.83. The molecule has 0 saturated carbocycles. The highest BCUT2D eigenvalue weighted by molar-refractivity contribution is 6.22. The van der Waals surface area contributed by atoms with Crippen molar-refractivity contribution in [1.29, 1.82) is 0 Å². The second-order valence-electron chi connectivity index (χ2n) is 11.6. The standard InChI is InChI=1S/C46H30/c1-2-11-31(12-3-1)38-25-26-43-44(30-38)46(40-24-22-33-14-5-7-16-35(33)28-40)42-20-9-8-19-41(42)45(43)39-18-10-17-36(29-39)37-23-21-32-13-4-6-15-34(32)27-37/h1-30H/i8D,9D,19D,20D,25D,26D,30D. The molecule has 0 nitrogen and oxygen atoms in total. The SMILES string of the molecule is [2H]c1c([2H])c([2H])c2c(-c3ccc4ccccc4c3)c3c([2H])c(-c4ccccc4)c([2H])c([2H])c3c(-c3cccc(-c4ccc5ccccc5c4)c3)c2c1[2H]. The van der Waals surface area contributed by atoms with Gasteiger partial charge in [0.15, 0.2) is 0 Å². The zero-order chi connectivity index (χ0) is 36.5. The second kappa shape index (κ2) is 10.9. The van der Waals surface area contributed by atoms with Crippen LogP contribution in [0.3, 0.4) is 0 Å². The molecule has 0 aromatic heterocycles. The summed E-state index contributed by atoms with van der Waals surface area (Å²) >= 11 is 0. The molecule has 0 aliphatic carbocycles. The topological polar surface area (TPSA) is 0 Å². The van der Waals surface area contributed by atoms with Gasteiger partial charge in [0.2, 0.25) is 0 Å². The van der Waals surface area contributed by atoms with E-state index in [0.29, 0.717) is 44.2 Å². The quantitative estimate of drug-likeness (QED) is 0.179. The van der Waals surface area contributed by atoms with E-state index < -0.39 is 0 Å². The Hall–Kier alpha value is -5.98. The van der Waals surface area contributed by atoms with E-state index in [9.17, 15) is 6.85 Å². The third kappa shape index (κ3) is 4.47. The first-order chi connectivity index (χ1) is 25.7. The van der Waals surface area contributed by atoms with Crippen LogP contribution in [0.15, 0.2) is 182 Å². The highest BCUT2D eigenvalue weighted by Gasteiger charge is 2.18. The summed E-state index contributed by atoms with van der Waals surface area (Å²) in [6, 6.07) is 43.7. The van der Waals surface area contributed by atoms with Gasteiger partial charge in [-0.1, -0.05) is 158 Å². The minimum absolute atomic E-state index is 0.0246. The fourth-order valence-corrected chi connectivity index (χ4v) is 6.61. The number of rotatable bonds is 4. The summed E-state index contributed by atoms with van der Waals surface area (Å²) in [5, 5.41) is 5.32. The molecule has 0 aliphatic rings. The molecule has 9 rings (SSSR count). The van der Waals surface area contributed by atoms with Crippen LogP contribution in [0, 0.1) is 0 Å². The van der Waals surface area contributed by atoms with E-state index in [1.807, 2.05) is 109 Å². The summed E-state index contributed by atoms with van der Waals surface area (Å²) in [6.45, 7) is 0. The predicted molar refractivity (Wildman–Crippen MR) is 198 cm³/mol. The molecule has 0 amide bonds. The molecule has 0 heteroatoms. The molecular formula is C46H30. The van der Waals surface area contributed by atoms with Gasteiger partial charge in [-0.2, -0.15) is 0 Å². The van der Waals surface area contributed by atoms with Crippen molar-refractivity contribution >= 4 is 43.1 Å². The molecule has 0 N–H and O–H groups in total. The van der Waals surface area contributed by atoms with Crippen LogP contribution in [-0.2, 0) is 0 Å².